The molecule has 114 valence electrons. The second kappa shape index (κ2) is 5.76. The van der Waals surface area contributed by atoms with Crippen LogP contribution in [0.15, 0.2) is 24.5 Å². The van der Waals surface area contributed by atoms with Crippen LogP contribution in [0, 0.1) is 0 Å². The van der Waals surface area contributed by atoms with E-state index in [-0.39, 0.29) is 0 Å². The van der Waals surface area contributed by atoms with Crippen molar-refractivity contribution >= 4 is 5.95 Å². The normalized spacial score (nSPS) is 17.4. The first kappa shape index (κ1) is 13.3. The fourth-order valence-corrected chi connectivity index (χ4v) is 2.60. The van der Waals surface area contributed by atoms with Crippen LogP contribution in [0.25, 0.3) is 11.3 Å². The highest BCUT2D eigenvalue weighted by Crippen LogP contribution is 2.31. The Balaban J connectivity index is 1.64. The summed E-state index contributed by atoms with van der Waals surface area (Å²) >= 11 is 0. The summed E-state index contributed by atoms with van der Waals surface area (Å²) in [5.74, 6) is 1.98. The Morgan fingerprint density at radius 2 is 1.95 bits per heavy atom. The number of nitrogens with one attached hydrogen (secondary N) is 1. The lowest BCUT2D eigenvalue weighted by Crippen LogP contribution is -2.44. The molecule has 1 fully saturated rings. The molecule has 0 saturated carbocycles. The fraction of sp³-hybridized carbons (Fsp3) is 0.400. The van der Waals surface area contributed by atoms with E-state index in [2.05, 4.69) is 25.2 Å². The number of ether oxygens (including phenoxy) is 2. The minimum absolute atomic E-state index is 0.542. The molecule has 0 amide bonds. The summed E-state index contributed by atoms with van der Waals surface area (Å²) in [6.45, 7) is 4.85. The third-order valence-corrected chi connectivity index (χ3v) is 3.74. The molecule has 0 radical (unpaired) electrons. The Morgan fingerprint density at radius 3 is 2.86 bits per heavy atom. The number of hydrogen-bond acceptors (Lipinski definition) is 7. The molecule has 0 spiro atoms. The van der Waals surface area contributed by atoms with E-state index in [9.17, 15) is 0 Å². The van der Waals surface area contributed by atoms with Crippen LogP contribution < -0.4 is 19.7 Å². The molecule has 7 nitrogen and oxygen atoms in total. The van der Waals surface area contributed by atoms with Crippen molar-refractivity contribution in [2.45, 2.75) is 0 Å². The number of fused-ring (bicyclic) bond motifs is 1. The van der Waals surface area contributed by atoms with E-state index in [1.807, 2.05) is 12.1 Å². The molecule has 4 heterocycles. The van der Waals surface area contributed by atoms with Crippen LogP contribution in [0.5, 0.6) is 11.6 Å². The number of hydrogen-bond donors (Lipinski definition) is 1. The predicted octanol–water partition coefficient (Wildman–Crippen LogP) is 0.719. The molecule has 2 aliphatic heterocycles. The van der Waals surface area contributed by atoms with E-state index in [1.165, 1.54) is 0 Å². The first-order valence-corrected chi connectivity index (χ1v) is 7.45. The molecule has 1 saturated heterocycles. The highest BCUT2D eigenvalue weighted by Gasteiger charge is 2.16. The lowest BCUT2D eigenvalue weighted by Gasteiger charge is -2.27. The zero-order valence-electron chi connectivity index (χ0n) is 12.2. The van der Waals surface area contributed by atoms with E-state index >= 15 is 0 Å². The molecule has 2 aromatic rings. The summed E-state index contributed by atoms with van der Waals surface area (Å²) in [5, 5.41) is 3.33. The average molecular weight is 299 g/mol. The molecule has 0 bridgehead atoms. The van der Waals surface area contributed by atoms with Crippen LogP contribution in [0.2, 0.25) is 0 Å². The Kier molecular flexibility index (Phi) is 3.48. The molecule has 22 heavy (non-hydrogen) atoms. The Bertz CT molecular complexity index is 673. The van der Waals surface area contributed by atoms with Gasteiger partial charge in [0, 0.05) is 44.1 Å². The lowest BCUT2D eigenvalue weighted by atomic mass is 10.2. The highest BCUT2D eigenvalue weighted by molar-refractivity contribution is 5.62. The van der Waals surface area contributed by atoms with Gasteiger partial charge in [0.15, 0.2) is 5.75 Å². The minimum Gasteiger partial charge on any atom is -0.484 e. The summed E-state index contributed by atoms with van der Waals surface area (Å²) in [6.07, 6.45) is 3.55. The van der Waals surface area contributed by atoms with Gasteiger partial charge in [-0.2, -0.15) is 0 Å². The zero-order chi connectivity index (χ0) is 14.8. The number of pyridine rings is 1. The number of anilines is 1. The smallest absolute Gasteiger partial charge is 0.257 e. The van der Waals surface area contributed by atoms with Gasteiger partial charge in [0.1, 0.15) is 13.2 Å². The summed E-state index contributed by atoms with van der Waals surface area (Å²) in [4.78, 5) is 15.5. The molecule has 0 aliphatic carbocycles. The first-order chi connectivity index (χ1) is 10.9. The van der Waals surface area contributed by atoms with Crippen molar-refractivity contribution < 1.29 is 9.47 Å². The Morgan fingerprint density at radius 1 is 1.09 bits per heavy atom. The van der Waals surface area contributed by atoms with Crippen molar-refractivity contribution in [1.82, 2.24) is 20.3 Å². The third kappa shape index (κ3) is 2.55. The summed E-state index contributed by atoms with van der Waals surface area (Å²) < 4.78 is 11.0. The quantitative estimate of drug-likeness (QED) is 0.876. The standard InChI is InChI=1S/C15H17N5O2/c1-2-17-15(20-5-3-16-4-6-20)19-12(1)11-9-13-14(18-10-11)22-8-7-21-13/h1-2,9-10,16H,3-8H2. The lowest BCUT2D eigenvalue weighted by molar-refractivity contribution is 0.164. The molecular weight excluding hydrogens is 282 g/mol. The number of nitrogens with zero attached hydrogens (tertiary/aromatic N) is 4. The van der Waals surface area contributed by atoms with Crippen molar-refractivity contribution in [3.8, 4) is 22.9 Å². The van der Waals surface area contributed by atoms with Gasteiger partial charge in [0.2, 0.25) is 5.95 Å². The van der Waals surface area contributed by atoms with Gasteiger partial charge in [0.05, 0.1) is 5.69 Å². The molecule has 2 aromatic heterocycles. The molecule has 1 N–H and O–H groups in total. The second-order valence-corrected chi connectivity index (χ2v) is 5.20. The van der Waals surface area contributed by atoms with Crippen molar-refractivity contribution in [3.05, 3.63) is 24.5 Å². The molecule has 0 aromatic carbocycles. The number of rotatable bonds is 2. The van der Waals surface area contributed by atoms with Crippen LogP contribution in [0.3, 0.4) is 0 Å². The Labute approximate surface area is 128 Å². The zero-order valence-corrected chi connectivity index (χ0v) is 12.2. The van der Waals surface area contributed by atoms with Crippen molar-refractivity contribution in [3.63, 3.8) is 0 Å². The van der Waals surface area contributed by atoms with Gasteiger partial charge in [-0.1, -0.05) is 0 Å². The fourth-order valence-electron chi connectivity index (χ4n) is 2.60. The molecule has 7 heteroatoms. The first-order valence-electron chi connectivity index (χ1n) is 7.45. The molecular formula is C15H17N5O2. The SMILES string of the molecule is c1cc(-c2cnc3c(c2)OCCO3)nc(N2CCNCC2)n1. The van der Waals surface area contributed by atoms with Crippen LogP contribution in [0.4, 0.5) is 5.95 Å². The topological polar surface area (TPSA) is 72.4 Å². The monoisotopic (exact) mass is 299 g/mol. The van der Waals surface area contributed by atoms with Crippen molar-refractivity contribution in [1.29, 1.82) is 0 Å². The van der Waals surface area contributed by atoms with E-state index in [1.54, 1.807) is 12.4 Å². The largest absolute Gasteiger partial charge is 0.484 e. The highest BCUT2D eigenvalue weighted by atomic mass is 16.6. The van der Waals surface area contributed by atoms with Crippen LogP contribution in [-0.4, -0.2) is 54.3 Å². The van der Waals surface area contributed by atoms with E-state index in [0.29, 0.717) is 24.8 Å². The van der Waals surface area contributed by atoms with Gasteiger partial charge in [-0.3, -0.25) is 0 Å². The third-order valence-electron chi connectivity index (χ3n) is 3.74. The molecule has 4 rings (SSSR count). The van der Waals surface area contributed by atoms with Crippen molar-refractivity contribution in [2.75, 3.05) is 44.3 Å². The maximum atomic E-state index is 5.58. The van der Waals surface area contributed by atoms with Gasteiger partial charge in [-0.15, -0.1) is 0 Å². The van der Waals surface area contributed by atoms with Gasteiger partial charge in [-0.05, 0) is 12.1 Å². The molecule has 0 atom stereocenters. The number of aromatic nitrogens is 3. The van der Waals surface area contributed by atoms with Crippen LogP contribution >= 0.6 is 0 Å². The van der Waals surface area contributed by atoms with E-state index in [4.69, 9.17) is 9.47 Å². The average Bonchev–Trinajstić information content (AvgIpc) is 2.62. The number of piperazine rings is 1. The van der Waals surface area contributed by atoms with E-state index in [0.717, 1.165) is 43.4 Å². The maximum absolute atomic E-state index is 5.58. The summed E-state index contributed by atoms with van der Waals surface area (Å²) in [5.41, 5.74) is 1.75. The van der Waals surface area contributed by atoms with Crippen molar-refractivity contribution in [2.24, 2.45) is 0 Å². The van der Waals surface area contributed by atoms with Gasteiger partial charge in [0.25, 0.3) is 5.88 Å². The summed E-state index contributed by atoms with van der Waals surface area (Å²) in [7, 11) is 0. The Hall–Kier alpha value is -2.41. The van der Waals surface area contributed by atoms with E-state index < -0.39 is 0 Å². The predicted molar refractivity (Wildman–Crippen MR) is 81.3 cm³/mol. The van der Waals surface area contributed by atoms with Crippen LogP contribution in [0.1, 0.15) is 0 Å². The van der Waals surface area contributed by atoms with Crippen LogP contribution in [-0.2, 0) is 0 Å². The summed E-state index contributed by atoms with van der Waals surface area (Å²) in [6, 6.07) is 3.81. The van der Waals surface area contributed by atoms with Gasteiger partial charge < -0.3 is 19.7 Å². The van der Waals surface area contributed by atoms with Gasteiger partial charge >= 0.3 is 0 Å². The molecule has 0 unspecified atom stereocenters. The van der Waals surface area contributed by atoms with Gasteiger partial charge in [-0.25, -0.2) is 15.0 Å². The second-order valence-electron chi connectivity index (χ2n) is 5.20. The maximum Gasteiger partial charge on any atom is 0.257 e. The minimum atomic E-state index is 0.542. The molecule has 2 aliphatic rings.